The van der Waals surface area contributed by atoms with E-state index >= 15 is 0 Å². The van der Waals surface area contributed by atoms with E-state index in [0.29, 0.717) is 36.9 Å². The Morgan fingerprint density at radius 1 is 1.19 bits per heavy atom. The summed E-state index contributed by atoms with van der Waals surface area (Å²) in [5, 5.41) is 18.9. The van der Waals surface area contributed by atoms with Gasteiger partial charge >= 0.3 is 5.97 Å². The number of hydrogen-bond donors (Lipinski definition) is 1. The lowest BCUT2D eigenvalue weighted by Crippen LogP contribution is -2.33. The predicted octanol–water partition coefficient (Wildman–Crippen LogP) is 4.82. The summed E-state index contributed by atoms with van der Waals surface area (Å²) in [4.78, 5) is 46.0. The Morgan fingerprint density at radius 3 is 2.35 bits per heavy atom. The Morgan fingerprint density at radius 2 is 1.81 bits per heavy atom. The van der Waals surface area contributed by atoms with Crippen LogP contribution in [0.4, 0.5) is 10.5 Å². The number of carbonyl (C=O) groups is 3. The van der Waals surface area contributed by atoms with E-state index in [1.807, 2.05) is 0 Å². The summed E-state index contributed by atoms with van der Waals surface area (Å²) in [5.41, 5.74) is 1.31. The largest absolute Gasteiger partial charge is 0.487 e. The van der Waals surface area contributed by atoms with E-state index in [0.717, 1.165) is 5.56 Å². The molecular weight excluding hydrogens is 560 g/mol. The van der Waals surface area contributed by atoms with Crippen LogP contribution in [0.3, 0.4) is 0 Å². The molecule has 0 unspecified atom stereocenters. The number of non-ortho nitro benzene ring substituents is 1. The van der Waals surface area contributed by atoms with Gasteiger partial charge in [0, 0.05) is 12.1 Å². The van der Waals surface area contributed by atoms with Crippen molar-refractivity contribution in [2.45, 2.75) is 6.61 Å². The van der Waals surface area contributed by atoms with Crippen LogP contribution in [0.1, 0.15) is 11.1 Å². The molecule has 0 aliphatic carbocycles. The van der Waals surface area contributed by atoms with Crippen LogP contribution in [0.15, 0.2) is 50.2 Å². The number of thioether (sulfide) groups is 1. The third kappa shape index (κ3) is 5.51. The molecular formula is C19H12Br2N2O7S. The zero-order chi connectivity index (χ0) is 22.7. The monoisotopic (exact) mass is 570 g/mol. The molecule has 1 aliphatic heterocycles. The Kier molecular flexibility index (Phi) is 7.13. The summed E-state index contributed by atoms with van der Waals surface area (Å²) < 4.78 is 6.93. The second-order valence-corrected chi connectivity index (χ2v) is 8.89. The fourth-order valence-electron chi connectivity index (χ4n) is 2.59. The number of hydrogen-bond acceptors (Lipinski definition) is 7. The number of rotatable bonds is 7. The van der Waals surface area contributed by atoms with Gasteiger partial charge in [-0.2, -0.15) is 0 Å². The average molecular weight is 572 g/mol. The highest BCUT2D eigenvalue weighted by Crippen LogP contribution is 2.38. The highest BCUT2D eigenvalue weighted by Gasteiger charge is 2.36. The molecule has 31 heavy (non-hydrogen) atoms. The van der Waals surface area contributed by atoms with Gasteiger partial charge in [-0.05, 0) is 85.1 Å². The van der Waals surface area contributed by atoms with E-state index in [1.54, 1.807) is 24.3 Å². The fraction of sp³-hybridized carbons (Fsp3) is 0.105. The van der Waals surface area contributed by atoms with Crippen LogP contribution < -0.4 is 4.74 Å². The van der Waals surface area contributed by atoms with Gasteiger partial charge in [0.1, 0.15) is 18.9 Å². The number of amides is 2. The number of nitrogens with zero attached hydrogens (tertiary/aromatic N) is 2. The molecule has 2 amide bonds. The minimum Gasteiger partial charge on any atom is -0.487 e. The molecule has 1 N–H and O–H groups in total. The molecule has 1 aliphatic rings. The predicted molar refractivity (Wildman–Crippen MR) is 120 cm³/mol. The van der Waals surface area contributed by atoms with Crippen LogP contribution in [0.25, 0.3) is 6.08 Å². The number of carboxylic acids is 1. The van der Waals surface area contributed by atoms with Crippen molar-refractivity contribution in [3.05, 3.63) is 71.5 Å². The molecule has 0 bridgehead atoms. The summed E-state index contributed by atoms with van der Waals surface area (Å²) in [7, 11) is 0. The van der Waals surface area contributed by atoms with Gasteiger partial charge in [0.25, 0.3) is 16.8 Å². The first-order valence-corrected chi connectivity index (χ1v) is 10.9. The van der Waals surface area contributed by atoms with Gasteiger partial charge in [0.2, 0.25) is 0 Å². The van der Waals surface area contributed by atoms with E-state index in [4.69, 9.17) is 9.84 Å². The second-order valence-electron chi connectivity index (χ2n) is 6.19. The number of aliphatic carboxylic acids is 1. The quantitative estimate of drug-likeness (QED) is 0.285. The minimum absolute atomic E-state index is 0.0109. The molecule has 0 spiro atoms. The third-order valence-corrected chi connectivity index (χ3v) is 6.10. The van der Waals surface area contributed by atoms with Crippen LogP contribution in [0, 0.1) is 10.1 Å². The molecule has 0 atom stereocenters. The van der Waals surface area contributed by atoms with E-state index in [-0.39, 0.29) is 17.2 Å². The molecule has 9 nitrogen and oxygen atoms in total. The molecule has 0 aromatic heterocycles. The molecule has 160 valence electrons. The molecule has 0 saturated carbocycles. The van der Waals surface area contributed by atoms with Gasteiger partial charge in [-0.15, -0.1) is 0 Å². The SMILES string of the molecule is O=C(O)CN1C(=O)S/C(=C/c2cc(Br)c(OCc3ccc([N+](=O)[O-])cc3)c(Br)c2)C1=O. The molecule has 12 heteroatoms. The van der Waals surface area contributed by atoms with Crippen LogP contribution >= 0.6 is 43.6 Å². The van der Waals surface area contributed by atoms with Crippen molar-refractivity contribution < 1.29 is 29.2 Å². The Bertz CT molecular complexity index is 1100. The maximum Gasteiger partial charge on any atom is 0.323 e. The lowest BCUT2D eigenvalue weighted by atomic mass is 10.2. The van der Waals surface area contributed by atoms with Crippen LogP contribution in [0.5, 0.6) is 5.75 Å². The maximum absolute atomic E-state index is 12.3. The number of benzene rings is 2. The van der Waals surface area contributed by atoms with Gasteiger partial charge in [-0.1, -0.05) is 0 Å². The average Bonchev–Trinajstić information content (AvgIpc) is 2.94. The summed E-state index contributed by atoms with van der Waals surface area (Å²) in [5.74, 6) is -1.46. The number of ether oxygens (including phenoxy) is 1. The minimum atomic E-state index is -1.27. The Balaban J connectivity index is 1.75. The number of carbonyl (C=O) groups excluding carboxylic acids is 2. The Hall–Kier alpha value is -2.70. The first kappa shape index (κ1) is 23.0. The first-order valence-electron chi connectivity index (χ1n) is 8.48. The summed E-state index contributed by atoms with van der Waals surface area (Å²) in [6.45, 7) is -0.520. The van der Waals surface area contributed by atoms with Crippen LogP contribution in [0.2, 0.25) is 0 Å². The maximum atomic E-state index is 12.3. The number of halogens is 2. The molecule has 1 heterocycles. The molecule has 0 radical (unpaired) electrons. The normalized spacial score (nSPS) is 14.9. The first-order chi connectivity index (χ1) is 14.7. The smallest absolute Gasteiger partial charge is 0.323 e. The van der Waals surface area contributed by atoms with Crippen LogP contribution in [-0.2, 0) is 16.2 Å². The molecule has 3 rings (SSSR count). The molecule has 2 aromatic carbocycles. The number of carboxylic acid groups (broad SMARTS) is 1. The fourth-order valence-corrected chi connectivity index (χ4v) is 4.88. The molecule has 2 aromatic rings. The third-order valence-electron chi connectivity index (χ3n) is 4.02. The highest BCUT2D eigenvalue weighted by molar-refractivity contribution is 9.11. The number of nitro benzene ring substituents is 1. The zero-order valence-corrected chi connectivity index (χ0v) is 19.4. The summed E-state index contributed by atoms with van der Waals surface area (Å²) in [6.07, 6.45) is 1.49. The topological polar surface area (TPSA) is 127 Å². The summed E-state index contributed by atoms with van der Waals surface area (Å²) >= 11 is 7.48. The van der Waals surface area contributed by atoms with Crippen molar-refractivity contribution in [2.24, 2.45) is 0 Å². The van der Waals surface area contributed by atoms with Gasteiger partial charge in [-0.3, -0.25) is 29.4 Å². The van der Waals surface area contributed by atoms with Crippen molar-refractivity contribution in [1.29, 1.82) is 0 Å². The zero-order valence-electron chi connectivity index (χ0n) is 15.4. The van der Waals surface area contributed by atoms with E-state index in [9.17, 15) is 24.5 Å². The lowest BCUT2D eigenvalue weighted by Gasteiger charge is -2.12. The summed E-state index contributed by atoms with van der Waals surface area (Å²) in [6, 6.07) is 9.35. The van der Waals surface area contributed by atoms with Crippen molar-refractivity contribution in [3.63, 3.8) is 0 Å². The highest BCUT2D eigenvalue weighted by atomic mass is 79.9. The van der Waals surface area contributed by atoms with E-state index < -0.39 is 28.6 Å². The van der Waals surface area contributed by atoms with E-state index in [1.165, 1.54) is 18.2 Å². The lowest BCUT2D eigenvalue weighted by molar-refractivity contribution is -0.384. The van der Waals surface area contributed by atoms with Crippen molar-refractivity contribution in [1.82, 2.24) is 4.90 Å². The number of imide groups is 1. The Labute approximate surface area is 196 Å². The molecule has 1 fully saturated rings. The van der Waals surface area contributed by atoms with Crippen LogP contribution in [-0.4, -0.2) is 38.6 Å². The van der Waals surface area contributed by atoms with Gasteiger partial charge in [0.05, 0.1) is 18.8 Å². The van der Waals surface area contributed by atoms with E-state index in [2.05, 4.69) is 31.9 Å². The van der Waals surface area contributed by atoms with Crippen molar-refractivity contribution in [2.75, 3.05) is 6.54 Å². The molecule has 1 saturated heterocycles. The van der Waals surface area contributed by atoms with Gasteiger partial charge < -0.3 is 9.84 Å². The van der Waals surface area contributed by atoms with Crippen molar-refractivity contribution in [3.8, 4) is 5.75 Å². The van der Waals surface area contributed by atoms with Crippen molar-refractivity contribution >= 4 is 72.5 Å². The number of nitro groups is 1. The van der Waals surface area contributed by atoms with Gasteiger partial charge in [-0.25, -0.2) is 0 Å². The second kappa shape index (κ2) is 9.62. The van der Waals surface area contributed by atoms with Gasteiger partial charge in [0.15, 0.2) is 0 Å². The standard InChI is InChI=1S/C19H12Br2N2O7S/c20-13-5-11(7-15-18(26)22(8-16(24)25)19(27)31-15)6-14(21)17(13)30-9-10-1-3-12(4-2-10)23(28)29/h1-7H,8-9H2,(H,24,25)/b15-7+.